The molecule has 2 bridgehead atoms. The van der Waals surface area contributed by atoms with Gasteiger partial charge in [-0.1, -0.05) is 0 Å². The maximum atomic E-state index is 12.2. The summed E-state index contributed by atoms with van der Waals surface area (Å²) in [5.74, 6) is 0.825. The van der Waals surface area contributed by atoms with Crippen LogP contribution in [-0.2, 0) is 11.3 Å². The highest BCUT2D eigenvalue weighted by Crippen LogP contribution is 2.32. The molecule has 5 nitrogen and oxygen atoms in total. The number of aromatic nitrogens is 2. The number of carbonyl (C=O) groups is 1. The van der Waals surface area contributed by atoms with E-state index < -0.39 is 0 Å². The molecule has 0 saturated carbocycles. The molecule has 2 aliphatic rings. The van der Waals surface area contributed by atoms with Gasteiger partial charge in [-0.2, -0.15) is 5.10 Å². The van der Waals surface area contributed by atoms with Gasteiger partial charge in [-0.15, -0.1) is 0 Å². The number of carbonyl (C=O) groups excluding carboxylic acids is 1. The summed E-state index contributed by atoms with van der Waals surface area (Å²) in [4.78, 5) is 14.1. The van der Waals surface area contributed by atoms with Gasteiger partial charge in [0.1, 0.15) is 0 Å². The van der Waals surface area contributed by atoms with Crippen molar-refractivity contribution in [1.29, 1.82) is 0 Å². The van der Waals surface area contributed by atoms with E-state index in [0.29, 0.717) is 31.0 Å². The smallest absolute Gasteiger partial charge is 0.222 e. The molecule has 3 heterocycles. The van der Waals surface area contributed by atoms with E-state index >= 15 is 0 Å². The number of aromatic amines is 1. The normalized spacial score (nSPS) is 29.4. The summed E-state index contributed by atoms with van der Waals surface area (Å²) < 4.78 is 0. The number of H-pyrrole nitrogens is 1. The summed E-state index contributed by atoms with van der Waals surface area (Å²) in [5.41, 5.74) is 1.06. The minimum Gasteiger partial charge on any atom is -0.341 e. The maximum Gasteiger partial charge on any atom is 0.222 e. The number of amides is 1. The molecular formula is C14H22N4O. The second-order valence-electron chi connectivity index (χ2n) is 6.04. The van der Waals surface area contributed by atoms with Crippen molar-refractivity contribution in [2.75, 3.05) is 7.05 Å². The minimum atomic E-state index is 0.257. The first kappa shape index (κ1) is 12.7. The van der Waals surface area contributed by atoms with Crippen molar-refractivity contribution in [3.63, 3.8) is 0 Å². The first-order chi connectivity index (χ1) is 9.20. The number of nitrogens with one attached hydrogen (secondary N) is 2. The van der Waals surface area contributed by atoms with Gasteiger partial charge >= 0.3 is 0 Å². The number of piperidine rings is 1. The monoisotopic (exact) mass is 262 g/mol. The molecule has 1 aromatic heterocycles. The van der Waals surface area contributed by atoms with E-state index in [0.717, 1.165) is 5.56 Å². The second-order valence-corrected chi connectivity index (χ2v) is 6.04. The average molecular weight is 262 g/mol. The van der Waals surface area contributed by atoms with Crippen LogP contribution in [0.25, 0.3) is 0 Å². The Morgan fingerprint density at radius 1 is 1.42 bits per heavy atom. The van der Waals surface area contributed by atoms with Gasteiger partial charge in [0.25, 0.3) is 0 Å². The predicted octanol–water partition coefficient (Wildman–Crippen LogP) is 1.29. The summed E-state index contributed by atoms with van der Waals surface area (Å²) in [5, 5.41) is 10.3. The first-order valence-corrected chi connectivity index (χ1v) is 7.18. The first-order valence-electron chi connectivity index (χ1n) is 7.18. The number of rotatable bonds is 4. The van der Waals surface area contributed by atoms with Gasteiger partial charge in [0.2, 0.25) is 5.91 Å². The molecule has 1 aromatic rings. The average Bonchev–Trinajstić information content (AvgIpc) is 2.99. The van der Waals surface area contributed by atoms with E-state index in [2.05, 4.69) is 15.5 Å². The summed E-state index contributed by atoms with van der Waals surface area (Å²) in [6.45, 7) is 0.646. The van der Waals surface area contributed by atoms with Crippen molar-refractivity contribution in [2.45, 2.75) is 50.7 Å². The van der Waals surface area contributed by atoms with Crippen LogP contribution in [0, 0.1) is 5.92 Å². The SMILES string of the molecule is CN(Cc1cn[nH]c1)C(=O)CC1CC2CCC(C1)N2. The zero-order chi connectivity index (χ0) is 13.2. The summed E-state index contributed by atoms with van der Waals surface area (Å²) >= 11 is 0. The van der Waals surface area contributed by atoms with Crippen LogP contribution in [0.5, 0.6) is 0 Å². The molecule has 2 saturated heterocycles. The molecule has 3 rings (SSSR count). The lowest BCUT2D eigenvalue weighted by Gasteiger charge is -2.29. The van der Waals surface area contributed by atoms with Gasteiger partial charge in [0, 0.05) is 43.9 Å². The van der Waals surface area contributed by atoms with Gasteiger partial charge in [-0.05, 0) is 31.6 Å². The third kappa shape index (κ3) is 2.97. The zero-order valence-electron chi connectivity index (χ0n) is 11.4. The highest BCUT2D eigenvalue weighted by Gasteiger charge is 2.34. The second kappa shape index (κ2) is 5.33. The summed E-state index contributed by atoms with van der Waals surface area (Å²) in [7, 11) is 1.88. The van der Waals surface area contributed by atoms with Gasteiger partial charge in [0.15, 0.2) is 0 Å². The lowest BCUT2D eigenvalue weighted by Crippen LogP contribution is -2.39. The van der Waals surface area contributed by atoms with Crippen molar-refractivity contribution in [3.05, 3.63) is 18.0 Å². The van der Waals surface area contributed by atoms with E-state index in [9.17, 15) is 4.79 Å². The van der Waals surface area contributed by atoms with E-state index in [1.165, 1.54) is 25.7 Å². The fraction of sp³-hybridized carbons (Fsp3) is 0.714. The quantitative estimate of drug-likeness (QED) is 0.859. The van der Waals surface area contributed by atoms with Crippen LogP contribution < -0.4 is 5.32 Å². The fourth-order valence-corrected chi connectivity index (χ4v) is 3.47. The number of fused-ring (bicyclic) bond motifs is 2. The number of hydrogen-bond acceptors (Lipinski definition) is 3. The van der Waals surface area contributed by atoms with Crippen molar-refractivity contribution >= 4 is 5.91 Å². The lowest BCUT2D eigenvalue weighted by molar-refractivity contribution is -0.131. The van der Waals surface area contributed by atoms with E-state index in [-0.39, 0.29) is 5.91 Å². The van der Waals surface area contributed by atoms with Crippen molar-refractivity contribution < 1.29 is 4.79 Å². The van der Waals surface area contributed by atoms with Crippen LogP contribution in [0.3, 0.4) is 0 Å². The maximum absolute atomic E-state index is 12.2. The summed E-state index contributed by atoms with van der Waals surface area (Å²) in [6.07, 6.45) is 9.23. The molecule has 2 aliphatic heterocycles. The highest BCUT2D eigenvalue weighted by molar-refractivity contribution is 5.76. The van der Waals surface area contributed by atoms with Gasteiger partial charge in [0.05, 0.1) is 6.20 Å². The Bertz CT molecular complexity index is 419. The highest BCUT2D eigenvalue weighted by atomic mass is 16.2. The standard InChI is InChI=1S/C14H22N4O/c1-18(9-11-7-15-16-8-11)14(19)6-10-4-12-2-3-13(5-10)17-12/h7-8,10,12-13,17H,2-6,9H2,1H3,(H,15,16). The van der Waals surface area contributed by atoms with E-state index in [1.54, 1.807) is 6.20 Å². The van der Waals surface area contributed by atoms with E-state index in [4.69, 9.17) is 0 Å². The van der Waals surface area contributed by atoms with Crippen LogP contribution in [0.4, 0.5) is 0 Å². The molecule has 19 heavy (non-hydrogen) atoms. The Morgan fingerprint density at radius 2 is 2.16 bits per heavy atom. The Morgan fingerprint density at radius 3 is 2.79 bits per heavy atom. The Balaban J connectivity index is 1.50. The van der Waals surface area contributed by atoms with Gasteiger partial charge in [-0.3, -0.25) is 9.89 Å². The molecule has 0 aliphatic carbocycles. The topological polar surface area (TPSA) is 61.0 Å². The van der Waals surface area contributed by atoms with Crippen LogP contribution in [0.1, 0.15) is 37.7 Å². The van der Waals surface area contributed by atoms with Crippen LogP contribution in [-0.4, -0.2) is 40.1 Å². The van der Waals surface area contributed by atoms with Crippen LogP contribution in [0.15, 0.2) is 12.4 Å². The molecule has 2 atom stereocenters. The molecule has 0 spiro atoms. The third-order valence-corrected chi connectivity index (χ3v) is 4.43. The predicted molar refractivity (Wildman–Crippen MR) is 72.3 cm³/mol. The van der Waals surface area contributed by atoms with Gasteiger partial charge in [-0.25, -0.2) is 0 Å². The van der Waals surface area contributed by atoms with Crippen molar-refractivity contribution in [2.24, 2.45) is 5.92 Å². The molecule has 2 N–H and O–H groups in total. The molecule has 0 aromatic carbocycles. The lowest BCUT2D eigenvalue weighted by atomic mass is 9.89. The molecule has 2 unspecified atom stereocenters. The fourth-order valence-electron chi connectivity index (χ4n) is 3.47. The molecule has 5 heteroatoms. The molecule has 1 amide bonds. The Kier molecular flexibility index (Phi) is 3.55. The van der Waals surface area contributed by atoms with Crippen molar-refractivity contribution in [3.8, 4) is 0 Å². The summed E-state index contributed by atoms with van der Waals surface area (Å²) in [6, 6.07) is 1.33. The molecule has 2 fully saturated rings. The molecular weight excluding hydrogens is 240 g/mol. The largest absolute Gasteiger partial charge is 0.341 e. The Labute approximate surface area is 113 Å². The minimum absolute atomic E-state index is 0.257. The van der Waals surface area contributed by atoms with Crippen LogP contribution in [0.2, 0.25) is 0 Å². The van der Waals surface area contributed by atoms with Crippen LogP contribution >= 0.6 is 0 Å². The number of nitrogens with zero attached hydrogens (tertiary/aromatic N) is 2. The number of hydrogen-bond donors (Lipinski definition) is 2. The molecule has 0 radical (unpaired) electrons. The van der Waals surface area contributed by atoms with Gasteiger partial charge < -0.3 is 10.2 Å². The Hall–Kier alpha value is -1.36. The van der Waals surface area contributed by atoms with E-state index in [1.807, 2.05) is 18.1 Å². The molecule has 104 valence electrons. The zero-order valence-corrected chi connectivity index (χ0v) is 11.4. The van der Waals surface area contributed by atoms with Crippen molar-refractivity contribution in [1.82, 2.24) is 20.4 Å². The third-order valence-electron chi connectivity index (χ3n) is 4.43.